The Balaban J connectivity index is 1.75. The summed E-state index contributed by atoms with van der Waals surface area (Å²) in [4.78, 5) is 16.8. The third-order valence-electron chi connectivity index (χ3n) is 5.83. The number of aromatic nitrogens is 1. The molecule has 1 aromatic carbocycles. The monoisotopic (exact) mass is 409 g/mol. The molecule has 0 aliphatic carbocycles. The lowest BCUT2D eigenvalue weighted by molar-refractivity contribution is 0.0497. The van der Waals surface area contributed by atoms with Gasteiger partial charge in [0.25, 0.3) is 0 Å². The number of unbranched alkanes of at least 4 members (excludes halogenated alkanes) is 5. The average Bonchev–Trinajstić information content (AvgIpc) is 2.79. The molecule has 1 atom stereocenters. The van der Waals surface area contributed by atoms with Crippen molar-refractivity contribution in [2.45, 2.75) is 85.0 Å². The molecule has 0 saturated heterocycles. The highest BCUT2D eigenvalue weighted by Crippen LogP contribution is 2.19. The predicted molar refractivity (Wildman–Crippen MR) is 126 cm³/mol. The molecule has 0 saturated carbocycles. The number of aryl methyl sites for hydroxylation is 1. The maximum Gasteiger partial charge on any atom is 0.338 e. The van der Waals surface area contributed by atoms with Crippen LogP contribution in [0.2, 0.25) is 0 Å². The van der Waals surface area contributed by atoms with E-state index in [2.05, 4.69) is 37.9 Å². The SMILES string of the molecule is CCCCCCc1ccc(-c2ccc(C(=O)OCCCCCC(C)CC)cc2)nc1. The molecule has 3 heteroatoms. The van der Waals surface area contributed by atoms with E-state index in [4.69, 9.17) is 4.74 Å². The zero-order valence-electron chi connectivity index (χ0n) is 19.2. The second-order valence-electron chi connectivity index (χ2n) is 8.44. The number of carbonyl (C=O) groups excluding carboxylic acids is 1. The number of benzene rings is 1. The van der Waals surface area contributed by atoms with Gasteiger partial charge in [0.1, 0.15) is 0 Å². The molecule has 1 unspecified atom stereocenters. The zero-order chi connectivity index (χ0) is 21.6. The fourth-order valence-corrected chi connectivity index (χ4v) is 3.50. The molecule has 0 amide bonds. The van der Waals surface area contributed by atoms with E-state index in [0.29, 0.717) is 12.2 Å². The highest BCUT2D eigenvalue weighted by atomic mass is 16.5. The van der Waals surface area contributed by atoms with Crippen LogP contribution >= 0.6 is 0 Å². The van der Waals surface area contributed by atoms with Crippen LogP contribution < -0.4 is 0 Å². The van der Waals surface area contributed by atoms with Crippen LogP contribution in [0.25, 0.3) is 11.3 Å². The van der Waals surface area contributed by atoms with E-state index in [9.17, 15) is 4.79 Å². The molecular formula is C27H39NO2. The minimum atomic E-state index is -0.237. The van der Waals surface area contributed by atoms with Crippen LogP contribution in [-0.4, -0.2) is 17.6 Å². The van der Waals surface area contributed by atoms with Gasteiger partial charge in [-0.05, 0) is 48.9 Å². The molecule has 30 heavy (non-hydrogen) atoms. The van der Waals surface area contributed by atoms with Gasteiger partial charge < -0.3 is 4.74 Å². The molecule has 2 aromatic rings. The van der Waals surface area contributed by atoms with Gasteiger partial charge in [-0.3, -0.25) is 4.98 Å². The van der Waals surface area contributed by atoms with Gasteiger partial charge in [0.15, 0.2) is 0 Å². The van der Waals surface area contributed by atoms with Crippen LogP contribution in [0.3, 0.4) is 0 Å². The maximum absolute atomic E-state index is 12.2. The molecule has 1 aromatic heterocycles. The third kappa shape index (κ3) is 8.69. The summed E-state index contributed by atoms with van der Waals surface area (Å²) in [5.41, 5.74) is 3.85. The molecular weight excluding hydrogens is 370 g/mol. The van der Waals surface area contributed by atoms with Crippen molar-refractivity contribution in [3.05, 3.63) is 53.7 Å². The van der Waals surface area contributed by atoms with Crippen molar-refractivity contribution < 1.29 is 9.53 Å². The summed E-state index contributed by atoms with van der Waals surface area (Å²) in [6.07, 6.45) is 13.9. The fourth-order valence-electron chi connectivity index (χ4n) is 3.50. The lowest BCUT2D eigenvalue weighted by atomic mass is 10.0. The third-order valence-corrected chi connectivity index (χ3v) is 5.83. The molecule has 0 N–H and O–H groups in total. The molecule has 0 bridgehead atoms. The summed E-state index contributed by atoms with van der Waals surface area (Å²) in [6.45, 7) is 7.26. The van der Waals surface area contributed by atoms with Gasteiger partial charge in [0, 0.05) is 11.8 Å². The maximum atomic E-state index is 12.2. The number of rotatable bonds is 14. The Kier molecular flexibility index (Phi) is 11.2. The smallest absolute Gasteiger partial charge is 0.338 e. The van der Waals surface area contributed by atoms with Crippen molar-refractivity contribution in [2.24, 2.45) is 5.92 Å². The summed E-state index contributed by atoms with van der Waals surface area (Å²) in [5, 5.41) is 0. The van der Waals surface area contributed by atoms with Gasteiger partial charge in [0.2, 0.25) is 0 Å². The quantitative estimate of drug-likeness (QED) is 0.238. The minimum Gasteiger partial charge on any atom is -0.462 e. The van der Waals surface area contributed by atoms with Gasteiger partial charge >= 0.3 is 5.97 Å². The lowest BCUT2D eigenvalue weighted by Gasteiger charge is -2.08. The summed E-state index contributed by atoms with van der Waals surface area (Å²) < 4.78 is 5.42. The van der Waals surface area contributed by atoms with Crippen molar-refractivity contribution in [3.8, 4) is 11.3 Å². The van der Waals surface area contributed by atoms with Crippen molar-refractivity contribution in [1.82, 2.24) is 4.98 Å². The first-order chi connectivity index (χ1) is 14.6. The Labute approximate surface area is 183 Å². The topological polar surface area (TPSA) is 39.2 Å². The summed E-state index contributed by atoms with van der Waals surface area (Å²) in [5.74, 6) is 0.557. The molecule has 3 nitrogen and oxygen atoms in total. The molecule has 0 radical (unpaired) electrons. The van der Waals surface area contributed by atoms with Crippen molar-refractivity contribution >= 4 is 5.97 Å². The van der Waals surface area contributed by atoms with Crippen LogP contribution in [0, 0.1) is 5.92 Å². The minimum absolute atomic E-state index is 0.237. The van der Waals surface area contributed by atoms with Crippen molar-refractivity contribution in [1.29, 1.82) is 0 Å². The molecule has 164 valence electrons. The number of esters is 1. The Bertz CT molecular complexity index is 722. The standard InChI is InChI=1S/C27H39NO2/c1-4-6-7-10-13-23-14-19-26(28-21-23)24-15-17-25(18-16-24)27(29)30-20-11-8-9-12-22(3)5-2/h14-19,21-22H,4-13,20H2,1-3H3. The number of hydrogen-bond donors (Lipinski definition) is 0. The summed E-state index contributed by atoms with van der Waals surface area (Å²) in [6, 6.07) is 11.8. The zero-order valence-corrected chi connectivity index (χ0v) is 19.2. The Morgan fingerprint density at radius 2 is 1.70 bits per heavy atom. The molecule has 0 fully saturated rings. The predicted octanol–water partition coefficient (Wildman–Crippen LogP) is 7.63. The van der Waals surface area contributed by atoms with E-state index in [0.717, 1.165) is 36.4 Å². The first-order valence-electron chi connectivity index (χ1n) is 11.9. The Morgan fingerprint density at radius 3 is 2.37 bits per heavy atom. The first kappa shape index (κ1) is 24.1. The highest BCUT2D eigenvalue weighted by molar-refractivity contribution is 5.90. The molecule has 0 aliphatic rings. The Hall–Kier alpha value is -2.16. The number of ether oxygens (including phenoxy) is 1. The van der Waals surface area contributed by atoms with Gasteiger partial charge in [0.05, 0.1) is 17.9 Å². The first-order valence-corrected chi connectivity index (χ1v) is 11.9. The van der Waals surface area contributed by atoms with E-state index < -0.39 is 0 Å². The van der Waals surface area contributed by atoms with Crippen LogP contribution in [0.5, 0.6) is 0 Å². The largest absolute Gasteiger partial charge is 0.462 e. The number of carbonyl (C=O) groups is 1. The van der Waals surface area contributed by atoms with Gasteiger partial charge in [-0.25, -0.2) is 4.79 Å². The fraction of sp³-hybridized carbons (Fsp3) is 0.556. The average molecular weight is 410 g/mol. The molecule has 0 aliphatic heterocycles. The van der Waals surface area contributed by atoms with Gasteiger partial charge in [-0.2, -0.15) is 0 Å². The highest BCUT2D eigenvalue weighted by Gasteiger charge is 2.08. The van der Waals surface area contributed by atoms with Gasteiger partial charge in [-0.1, -0.05) is 83.9 Å². The second kappa shape index (κ2) is 14.0. The van der Waals surface area contributed by atoms with Crippen LogP contribution in [0.1, 0.15) is 94.5 Å². The Morgan fingerprint density at radius 1 is 0.933 bits per heavy atom. The summed E-state index contributed by atoms with van der Waals surface area (Å²) in [7, 11) is 0. The van der Waals surface area contributed by atoms with E-state index in [-0.39, 0.29) is 5.97 Å². The van der Waals surface area contributed by atoms with Crippen molar-refractivity contribution in [2.75, 3.05) is 6.61 Å². The van der Waals surface area contributed by atoms with E-state index >= 15 is 0 Å². The van der Waals surface area contributed by atoms with Crippen LogP contribution in [0.4, 0.5) is 0 Å². The summed E-state index contributed by atoms with van der Waals surface area (Å²) >= 11 is 0. The van der Waals surface area contributed by atoms with Crippen molar-refractivity contribution in [3.63, 3.8) is 0 Å². The molecule has 0 spiro atoms. The lowest BCUT2D eigenvalue weighted by Crippen LogP contribution is -2.06. The van der Waals surface area contributed by atoms with E-state index in [1.165, 1.54) is 50.5 Å². The van der Waals surface area contributed by atoms with Crippen LogP contribution in [-0.2, 0) is 11.2 Å². The second-order valence-corrected chi connectivity index (χ2v) is 8.44. The number of hydrogen-bond acceptors (Lipinski definition) is 3. The molecule has 1 heterocycles. The van der Waals surface area contributed by atoms with E-state index in [1.54, 1.807) is 0 Å². The van der Waals surface area contributed by atoms with Crippen LogP contribution in [0.15, 0.2) is 42.6 Å². The normalized spacial score (nSPS) is 12.0. The number of pyridine rings is 1. The van der Waals surface area contributed by atoms with E-state index in [1.807, 2.05) is 30.5 Å². The molecule has 2 rings (SSSR count). The number of nitrogens with zero attached hydrogens (tertiary/aromatic N) is 1. The van der Waals surface area contributed by atoms with Gasteiger partial charge in [-0.15, -0.1) is 0 Å².